The highest BCUT2D eigenvalue weighted by molar-refractivity contribution is 6.31. The smallest absolute Gasteiger partial charge is 0.121 e. The van der Waals surface area contributed by atoms with Gasteiger partial charge >= 0.3 is 0 Å². The molecule has 0 radical (unpaired) electrons. The van der Waals surface area contributed by atoms with Crippen LogP contribution < -0.4 is 10.2 Å². The predicted molar refractivity (Wildman–Crippen MR) is 96.6 cm³/mol. The Morgan fingerprint density at radius 2 is 1.68 bits per heavy atom. The lowest BCUT2D eigenvalue weighted by molar-refractivity contribution is 0.424. The number of benzene rings is 2. The Kier molecular flexibility index (Phi) is 4.80. The molecule has 0 aromatic heterocycles. The molecule has 0 aliphatic carbocycles. The first-order chi connectivity index (χ1) is 10.7. The molecular formula is C18H20Cl2N2. The highest BCUT2D eigenvalue weighted by Crippen LogP contribution is 2.37. The van der Waals surface area contributed by atoms with Crippen LogP contribution in [0.5, 0.6) is 0 Å². The number of nitrogens with one attached hydrogen (secondary N) is 1. The summed E-state index contributed by atoms with van der Waals surface area (Å²) in [5.74, 6) is 0.440. The minimum atomic E-state index is -0.191. The van der Waals surface area contributed by atoms with Gasteiger partial charge in [-0.25, -0.2) is 0 Å². The summed E-state index contributed by atoms with van der Waals surface area (Å²) >= 11 is 13.1. The summed E-state index contributed by atoms with van der Waals surface area (Å²) in [6.07, 6.45) is 1.05. The van der Waals surface area contributed by atoms with E-state index in [2.05, 4.69) is 41.4 Å². The number of hydrogen-bond acceptors (Lipinski definition) is 2. The monoisotopic (exact) mass is 334 g/mol. The van der Waals surface area contributed by atoms with Crippen LogP contribution in [-0.4, -0.2) is 17.4 Å². The lowest BCUT2D eigenvalue weighted by Crippen LogP contribution is -2.46. The molecule has 0 saturated carbocycles. The Labute approximate surface area is 142 Å². The second kappa shape index (κ2) is 6.80. The topological polar surface area (TPSA) is 15.3 Å². The van der Waals surface area contributed by atoms with Crippen LogP contribution >= 0.6 is 23.2 Å². The number of anilines is 3. The molecule has 1 N–H and O–H groups in total. The van der Waals surface area contributed by atoms with Crippen LogP contribution in [0.15, 0.2) is 54.6 Å². The Morgan fingerprint density at radius 3 is 2.45 bits per heavy atom. The average molecular weight is 335 g/mol. The summed E-state index contributed by atoms with van der Waals surface area (Å²) in [6.45, 7) is 3.09. The van der Waals surface area contributed by atoms with Gasteiger partial charge in [-0.2, -0.15) is 0 Å². The fourth-order valence-corrected chi connectivity index (χ4v) is 3.54. The fraction of sp³-hybridized carbons (Fsp3) is 0.333. The molecule has 4 heteroatoms. The fourth-order valence-electron chi connectivity index (χ4n) is 2.83. The van der Waals surface area contributed by atoms with E-state index in [0.29, 0.717) is 5.92 Å². The molecule has 22 heavy (non-hydrogen) atoms. The van der Waals surface area contributed by atoms with E-state index in [1.165, 1.54) is 0 Å². The van der Waals surface area contributed by atoms with E-state index < -0.39 is 0 Å². The molecule has 2 aromatic rings. The van der Waals surface area contributed by atoms with Gasteiger partial charge in [0.2, 0.25) is 0 Å². The maximum absolute atomic E-state index is 6.60. The van der Waals surface area contributed by atoms with Crippen molar-refractivity contribution in [2.75, 3.05) is 16.8 Å². The molecule has 116 valence electrons. The van der Waals surface area contributed by atoms with Crippen LogP contribution in [0.3, 0.4) is 0 Å². The molecule has 3 rings (SSSR count). The lowest BCUT2D eigenvalue weighted by atomic mass is 9.97. The Morgan fingerprint density at radius 1 is 1.00 bits per heavy atom. The van der Waals surface area contributed by atoms with Crippen molar-refractivity contribution < 1.29 is 0 Å². The van der Waals surface area contributed by atoms with E-state index in [4.69, 9.17) is 23.2 Å². The number of nitrogens with zero attached hydrogens (tertiary/aromatic N) is 1. The van der Waals surface area contributed by atoms with Gasteiger partial charge in [0, 0.05) is 12.2 Å². The van der Waals surface area contributed by atoms with Crippen LogP contribution in [0.4, 0.5) is 17.1 Å². The maximum Gasteiger partial charge on any atom is 0.121 e. The standard InChI is InChI=1S/C18H20Cl2N2/c1-13-11-12-22(18(20)17(13)19)16-10-6-5-9-15(16)21-14-7-3-2-4-8-14/h2-10,13,17-18,21H,11-12H2,1H3. The average Bonchev–Trinajstić information content (AvgIpc) is 2.55. The summed E-state index contributed by atoms with van der Waals surface area (Å²) in [4.78, 5) is 2.20. The molecular weight excluding hydrogens is 315 g/mol. The Bertz CT molecular complexity index is 617. The number of halogens is 2. The van der Waals surface area contributed by atoms with Gasteiger partial charge in [0.15, 0.2) is 0 Å². The van der Waals surface area contributed by atoms with Gasteiger partial charge < -0.3 is 10.2 Å². The number of piperidine rings is 1. The molecule has 2 nitrogen and oxygen atoms in total. The van der Waals surface area contributed by atoms with Gasteiger partial charge in [0.05, 0.1) is 16.8 Å². The highest BCUT2D eigenvalue weighted by Gasteiger charge is 2.34. The van der Waals surface area contributed by atoms with Crippen LogP contribution in [0.2, 0.25) is 0 Å². The molecule has 3 unspecified atom stereocenters. The van der Waals surface area contributed by atoms with Crippen LogP contribution in [0.25, 0.3) is 0 Å². The second-order valence-corrected chi connectivity index (χ2v) is 6.74. The zero-order valence-corrected chi connectivity index (χ0v) is 14.1. The van der Waals surface area contributed by atoms with Gasteiger partial charge in [-0.1, -0.05) is 48.9 Å². The van der Waals surface area contributed by atoms with E-state index in [9.17, 15) is 0 Å². The Balaban J connectivity index is 1.88. The summed E-state index contributed by atoms with van der Waals surface area (Å²) < 4.78 is 0. The van der Waals surface area contributed by atoms with Crippen molar-refractivity contribution in [2.45, 2.75) is 24.2 Å². The molecule has 1 heterocycles. The molecule has 3 atom stereocenters. The number of para-hydroxylation sites is 3. The first-order valence-electron chi connectivity index (χ1n) is 7.62. The maximum atomic E-state index is 6.60. The first-order valence-corrected chi connectivity index (χ1v) is 8.50. The first kappa shape index (κ1) is 15.5. The van der Waals surface area contributed by atoms with Crippen molar-refractivity contribution in [2.24, 2.45) is 5.92 Å². The molecule has 2 aromatic carbocycles. The van der Waals surface area contributed by atoms with E-state index in [1.54, 1.807) is 0 Å². The third-order valence-corrected chi connectivity index (χ3v) is 5.50. The summed E-state index contributed by atoms with van der Waals surface area (Å²) in [5.41, 5.74) is 3.03. The van der Waals surface area contributed by atoms with E-state index >= 15 is 0 Å². The zero-order chi connectivity index (χ0) is 15.5. The second-order valence-electron chi connectivity index (χ2n) is 5.78. The molecule has 1 aliphatic heterocycles. The molecule has 1 saturated heterocycles. The van der Waals surface area contributed by atoms with Gasteiger partial charge in [-0.05, 0) is 36.6 Å². The van der Waals surface area contributed by atoms with Gasteiger partial charge in [-0.15, -0.1) is 11.6 Å². The summed E-state index contributed by atoms with van der Waals surface area (Å²) in [5, 5.41) is 3.43. The van der Waals surface area contributed by atoms with Crippen molar-refractivity contribution in [1.29, 1.82) is 0 Å². The zero-order valence-electron chi connectivity index (χ0n) is 12.5. The largest absolute Gasteiger partial charge is 0.354 e. The van der Waals surface area contributed by atoms with Crippen molar-refractivity contribution in [3.8, 4) is 0 Å². The SMILES string of the molecule is CC1CCN(c2ccccc2Nc2ccccc2)C(Cl)C1Cl. The molecule has 0 amide bonds. The van der Waals surface area contributed by atoms with Gasteiger partial charge in [0.1, 0.15) is 5.50 Å². The van der Waals surface area contributed by atoms with E-state index in [1.807, 2.05) is 30.3 Å². The number of rotatable bonds is 3. The third kappa shape index (κ3) is 3.18. The van der Waals surface area contributed by atoms with E-state index in [-0.39, 0.29) is 10.9 Å². The van der Waals surface area contributed by atoms with Gasteiger partial charge in [0.25, 0.3) is 0 Å². The van der Waals surface area contributed by atoms with Crippen molar-refractivity contribution >= 4 is 40.3 Å². The van der Waals surface area contributed by atoms with Crippen LogP contribution in [0.1, 0.15) is 13.3 Å². The highest BCUT2D eigenvalue weighted by atomic mass is 35.5. The molecule has 1 fully saturated rings. The minimum absolute atomic E-state index is 0.0415. The quantitative estimate of drug-likeness (QED) is 0.593. The number of alkyl halides is 2. The van der Waals surface area contributed by atoms with Crippen molar-refractivity contribution in [3.05, 3.63) is 54.6 Å². The van der Waals surface area contributed by atoms with Crippen molar-refractivity contribution in [3.63, 3.8) is 0 Å². The molecule has 1 aliphatic rings. The van der Waals surface area contributed by atoms with Crippen LogP contribution in [-0.2, 0) is 0 Å². The van der Waals surface area contributed by atoms with E-state index in [0.717, 1.165) is 30.0 Å². The van der Waals surface area contributed by atoms with Crippen LogP contribution in [0, 0.1) is 5.92 Å². The third-order valence-electron chi connectivity index (χ3n) is 4.20. The predicted octanol–water partition coefficient (Wildman–Crippen LogP) is 5.45. The lowest BCUT2D eigenvalue weighted by Gasteiger charge is -2.40. The molecule has 0 spiro atoms. The van der Waals surface area contributed by atoms with Gasteiger partial charge in [-0.3, -0.25) is 0 Å². The normalized spacial score (nSPS) is 25.0. The Hall–Kier alpha value is -1.38. The number of hydrogen-bond donors (Lipinski definition) is 1. The summed E-state index contributed by atoms with van der Waals surface area (Å²) in [6, 6.07) is 18.4. The minimum Gasteiger partial charge on any atom is -0.354 e. The van der Waals surface area contributed by atoms with Crippen molar-refractivity contribution in [1.82, 2.24) is 0 Å². The molecule has 0 bridgehead atoms. The summed E-state index contributed by atoms with van der Waals surface area (Å²) in [7, 11) is 0.